The van der Waals surface area contributed by atoms with Crippen LogP contribution in [-0.2, 0) is 0 Å². The van der Waals surface area contributed by atoms with Gasteiger partial charge in [-0.05, 0) is 46.5 Å². The molecule has 0 aliphatic heterocycles. The summed E-state index contributed by atoms with van der Waals surface area (Å²) in [5, 5.41) is 0. The third-order valence-electron chi connectivity index (χ3n) is 3.47. The average molecular weight is 278 g/mol. The maximum absolute atomic E-state index is 13.1. The zero-order chi connectivity index (χ0) is 14.7. The van der Waals surface area contributed by atoms with Gasteiger partial charge in [0.1, 0.15) is 11.6 Å². The van der Waals surface area contributed by atoms with Crippen molar-refractivity contribution in [3.8, 4) is 28.0 Å². The molecule has 0 aromatic heterocycles. The molecule has 0 bridgehead atoms. The van der Waals surface area contributed by atoms with Crippen molar-refractivity contribution in [2.75, 3.05) is 7.11 Å². The smallest absolute Gasteiger partial charge is 0.123 e. The van der Waals surface area contributed by atoms with E-state index in [-0.39, 0.29) is 5.82 Å². The molecule has 0 radical (unpaired) electrons. The van der Waals surface area contributed by atoms with Gasteiger partial charge in [0.2, 0.25) is 0 Å². The Morgan fingerprint density at radius 2 is 1.38 bits per heavy atom. The van der Waals surface area contributed by atoms with Crippen LogP contribution in [0, 0.1) is 5.82 Å². The van der Waals surface area contributed by atoms with Crippen LogP contribution in [0.15, 0.2) is 72.8 Å². The highest BCUT2D eigenvalue weighted by molar-refractivity contribution is 5.84. The Kier molecular flexibility index (Phi) is 3.69. The van der Waals surface area contributed by atoms with Gasteiger partial charge in [0.15, 0.2) is 0 Å². The van der Waals surface area contributed by atoms with Gasteiger partial charge in [-0.3, -0.25) is 0 Å². The van der Waals surface area contributed by atoms with Crippen molar-refractivity contribution in [1.82, 2.24) is 0 Å². The van der Waals surface area contributed by atoms with Crippen molar-refractivity contribution in [3.05, 3.63) is 78.6 Å². The molecule has 0 spiro atoms. The van der Waals surface area contributed by atoms with Crippen molar-refractivity contribution in [2.45, 2.75) is 0 Å². The lowest BCUT2D eigenvalue weighted by atomic mass is 9.94. The second kappa shape index (κ2) is 5.80. The fourth-order valence-electron chi connectivity index (χ4n) is 2.39. The summed E-state index contributed by atoms with van der Waals surface area (Å²) in [6, 6.07) is 22.6. The molecular formula is C19H15FO. The van der Waals surface area contributed by atoms with Gasteiger partial charge in [0, 0.05) is 0 Å². The lowest BCUT2D eigenvalue weighted by molar-refractivity contribution is 0.415. The van der Waals surface area contributed by atoms with Crippen LogP contribution >= 0.6 is 0 Å². The number of benzene rings is 3. The van der Waals surface area contributed by atoms with E-state index in [0.717, 1.165) is 28.0 Å². The Labute approximate surface area is 123 Å². The molecule has 0 aliphatic rings. The fraction of sp³-hybridized carbons (Fsp3) is 0.0526. The number of hydrogen-bond donors (Lipinski definition) is 0. The molecule has 1 nitrogen and oxygen atoms in total. The van der Waals surface area contributed by atoms with Gasteiger partial charge in [0.25, 0.3) is 0 Å². The molecule has 0 unspecified atom stereocenters. The number of ether oxygens (including phenoxy) is 1. The second-order valence-electron chi connectivity index (χ2n) is 4.78. The minimum absolute atomic E-state index is 0.228. The maximum Gasteiger partial charge on any atom is 0.123 e. The van der Waals surface area contributed by atoms with Crippen molar-refractivity contribution >= 4 is 0 Å². The van der Waals surface area contributed by atoms with E-state index in [9.17, 15) is 4.39 Å². The molecule has 0 fully saturated rings. The van der Waals surface area contributed by atoms with Gasteiger partial charge in [0.05, 0.1) is 7.11 Å². The SMILES string of the molecule is COc1ccc(-c2ccc(F)cc2)c(-c2ccccc2)c1. The zero-order valence-corrected chi connectivity index (χ0v) is 11.7. The molecule has 21 heavy (non-hydrogen) atoms. The summed E-state index contributed by atoms with van der Waals surface area (Å²) in [6.45, 7) is 0. The first kappa shape index (κ1) is 13.4. The standard InChI is InChI=1S/C19H15FO/c1-21-17-11-12-18(15-7-9-16(20)10-8-15)19(13-17)14-5-3-2-4-6-14/h2-13H,1H3. The van der Waals surface area contributed by atoms with E-state index in [4.69, 9.17) is 4.74 Å². The van der Waals surface area contributed by atoms with Gasteiger partial charge in [-0.2, -0.15) is 0 Å². The summed E-state index contributed by atoms with van der Waals surface area (Å²) < 4.78 is 18.5. The number of halogens is 1. The number of hydrogen-bond acceptors (Lipinski definition) is 1. The minimum atomic E-state index is -0.228. The van der Waals surface area contributed by atoms with Crippen LogP contribution < -0.4 is 4.74 Å². The van der Waals surface area contributed by atoms with Crippen LogP contribution in [-0.4, -0.2) is 7.11 Å². The molecule has 0 atom stereocenters. The second-order valence-corrected chi connectivity index (χ2v) is 4.78. The highest BCUT2D eigenvalue weighted by atomic mass is 19.1. The molecule has 0 heterocycles. The van der Waals surface area contributed by atoms with Gasteiger partial charge < -0.3 is 4.74 Å². The highest BCUT2D eigenvalue weighted by Crippen LogP contribution is 2.34. The van der Waals surface area contributed by atoms with Gasteiger partial charge >= 0.3 is 0 Å². The van der Waals surface area contributed by atoms with Crippen LogP contribution in [0.2, 0.25) is 0 Å². The first-order valence-electron chi connectivity index (χ1n) is 6.77. The van der Waals surface area contributed by atoms with Gasteiger partial charge in [-0.15, -0.1) is 0 Å². The third-order valence-corrected chi connectivity index (χ3v) is 3.47. The summed E-state index contributed by atoms with van der Waals surface area (Å²) >= 11 is 0. The molecule has 3 rings (SSSR count). The van der Waals surface area contributed by atoms with Crippen LogP contribution in [0.3, 0.4) is 0 Å². The Balaban J connectivity index is 2.18. The van der Waals surface area contributed by atoms with Crippen molar-refractivity contribution < 1.29 is 9.13 Å². The van der Waals surface area contributed by atoms with Crippen LogP contribution in [0.5, 0.6) is 5.75 Å². The van der Waals surface area contributed by atoms with Crippen LogP contribution in [0.1, 0.15) is 0 Å². The maximum atomic E-state index is 13.1. The van der Waals surface area contributed by atoms with Gasteiger partial charge in [-0.1, -0.05) is 48.5 Å². The highest BCUT2D eigenvalue weighted by Gasteiger charge is 2.09. The van der Waals surface area contributed by atoms with E-state index in [1.54, 1.807) is 19.2 Å². The Morgan fingerprint density at radius 3 is 2.05 bits per heavy atom. The Hall–Kier alpha value is -2.61. The molecule has 3 aromatic rings. The molecule has 0 saturated carbocycles. The Morgan fingerprint density at radius 1 is 0.714 bits per heavy atom. The predicted octanol–water partition coefficient (Wildman–Crippen LogP) is 5.17. The quantitative estimate of drug-likeness (QED) is 0.642. The number of methoxy groups -OCH3 is 1. The first-order chi connectivity index (χ1) is 10.3. The van der Waals surface area contributed by atoms with Crippen LogP contribution in [0.25, 0.3) is 22.3 Å². The minimum Gasteiger partial charge on any atom is -0.497 e. The van der Waals surface area contributed by atoms with Gasteiger partial charge in [-0.25, -0.2) is 4.39 Å². The summed E-state index contributed by atoms with van der Waals surface area (Å²) in [5.41, 5.74) is 4.22. The Bertz CT molecular complexity index is 733. The fourth-order valence-corrected chi connectivity index (χ4v) is 2.39. The van der Waals surface area contributed by atoms with E-state index < -0.39 is 0 Å². The van der Waals surface area contributed by atoms with E-state index in [1.807, 2.05) is 36.4 Å². The van der Waals surface area contributed by atoms with Crippen LogP contribution in [0.4, 0.5) is 4.39 Å². The van der Waals surface area contributed by atoms with E-state index in [2.05, 4.69) is 12.1 Å². The summed E-state index contributed by atoms with van der Waals surface area (Å²) in [6.07, 6.45) is 0. The monoisotopic (exact) mass is 278 g/mol. The molecular weight excluding hydrogens is 263 g/mol. The average Bonchev–Trinajstić information content (AvgIpc) is 2.56. The van der Waals surface area contributed by atoms with E-state index >= 15 is 0 Å². The molecule has 0 amide bonds. The molecule has 2 heteroatoms. The molecule has 104 valence electrons. The topological polar surface area (TPSA) is 9.23 Å². The van der Waals surface area contributed by atoms with E-state index in [0.29, 0.717) is 0 Å². The lowest BCUT2D eigenvalue weighted by Crippen LogP contribution is -1.89. The zero-order valence-electron chi connectivity index (χ0n) is 11.7. The molecule has 0 aliphatic carbocycles. The van der Waals surface area contributed by atoms with E-state index in [1.165, 1.54) is 12.1 Å². The summed E-state index contributed by atoms with van der Waals surface area (Å²) in [7, 11) is 1.65. The molecule has 3 aromatic carbocycles. The summed E-state index contributed by atoms with van der Waals surface area (Å²) in [4.78, 5) is 0. The molecule has 0 N–H and O–H groups in total. The van der Waals surface area contributed by atoms with Crippen molar-refractivity contribution in [2.24, 2.45) is 0 Å². The number of rotatable bonds is 3. The normalized spacial score (nSPS) is 10.4. The first-order valence-corrected chi connectivity index (χ1v) is 6.77. The summed E-state index contributed by atoms with van der Waals surface area (Å²) in [5.74, 6) is 0.577. The third kappa shape index (κ3) is 2.79. The molecule has 0 saturated heterocycles. The largest absolute Gasteiger partial charge is 0.497 e. The van der Waals surface area contributed by atoms with Crippen molar-refractivity contribution in [3.63, 3.8) is 0 Å². The van der Waals surface area contributed by atoms with Crippen molar-refractivity contribution in [1.29, 1.82) is 0 Å². The lowest BCUT2D eigenvalue weighted by Gasteiger charge is -2.12. The predicted molar refractivity (Wildman–Crippen MR) is 83.8 cm³/mol.